The summed E-state index contributed by atoms with van der Waals surface area (Å²) in [4.78, 5) is 24.6. The van der Waals surface area contributed by atoms with E-state index in [1.807, 2.05) is 18.2 Å². The van der Waals surface area contributed by atoms with Gasteiger partial charge in [-0.3, -0.25) is 4.79 Å². The summed E-state index contributed by atoms with van der Waals surface area (Å²) in [6.45, 7) is 1.60. The molecule has 25 heavy (non-hydrogen) atoms. The minimum absolute atomic E-state index is 0.0236. The van der Waals surface area contributed by atoms with E-state index in [0.29, 0.717) is 5.56 Å². The fourth-order valence-electron chi connectivity index (χ4n) is 3.09. The van der Waals surface area contributed by atoms with E-state index in [2.05, 4.69) is 33.4 Å². The average Bonchev–Trinajstić information content (AvgIpc) is 2.62. The fraction of sp³-hybridized carbons (Fsp3) is 0.300. The predicted octanol–water partition coefficient (Wildman–Crippen LogP) is 4.19. The van der Waals surface area contributed by atoms with Gasteiger partial charge in [0.25, 0.3) is 5.91 Å². The number of carbonyl (C=O) groups is 2. The Bertz CT molecular complexity index is 790. The van der Waals surface area contributed by atoms with Crippen LogP contribution in [0, 0.1) is 0 Å². The summed E-state index contributed by atoms with van der Waals surface area (Å²) in [5.41, 5.74) is 2.85. The Labute approximate surface area is 155 Å². The van der Waals surface area contributed by atoms with Gasteiger partial charge in [-0.05, 0) is 55.5 Å². The van der Waals surface area contributed by atoms with Crippen molar-refractivity contribution < 1.29 is 14.3 Å². The summed E-state index contributed by atoms with van der Waals surface area (Å²) in [6.07, 6.45) is 2.12. The van der Waals surface area contributed by atoms with Gasteiger partial charge in [-0.15, -0.1) is 0 Å². The number of ether oxygens (including phenoxy) is 1. The lowest BCUT2D eigenvalue weighted by molar-refractivity contribution is -0.130. The summed E-state index contributed by atoms with van der Waals surface area (Å²) < 4.78 is 6.10. The van der Waals surface area contributed by atoms with Crippen LogP contribution >= 0.6 is 15.9 Å². The number of fused-ring (bicyclic) bond motifs is 1. The second-order valence-corrected chi connectivity index (χ2v) is 7.13. The maximum Gasteiger partial charge on any atom is 0.338 e. The summed E-state index contributed by atoms with van der Waals surface area (Å²) in [5, 5.41) is 3.02. The summed E-state index contributed by atoms with van der Waals surface area (Å²) >= 11 is 3.32. The van der Waals surface area contributed by atoms with Crippen LogP contribution in [-0.4, -0.2) is 18.0 Å². The molecule has 0 bridgehead atoms. The zero-order valence-electron chi connectivity index (χ0n) is 14.0. The molecule has 130 valence electrons. The predicted molar refractivity (Wildman–Crippen MR) is 99.3 cm³/mol. The third kappa shape index (κ3) is 4.28. The van der Waals surface area contributed by atoms with Crippen LogP contribution in [0.25, 0.3) is 0 Å². The molecular weight excluding hydrogens is 382 g/mol. The number of esters is 1. The maximum absolute atomic E-state index is 12.5. The normalized spacial score (nSPS) is 17.3. The molecule has 0 unspecified atom stereocenters. The van der Waals surface area contributed by atoms with Gasteiger partial charge in [0.2, 0.25) is 0 Å². The van der Waals surface area contributed by atoms with Crippen molar-refractivity contribution in [3.63, 3.8) is 0 Å². The number of nitrogens with one attached hydrogen (secondary N) is 1. The fourth-order valence-corrected chi connectivity index (χ4v) is 3.49. The molecule has 2 atom stereocenters. The van der Waals surface area contributed by atoms with Crippen LogP contribution in [0.15, 0.2) is 53.0 Å². The molecule has 0 spiro atoms. The quantitative estimate of drug-likeness (QED) is 0.781. The minimum Gasteiger partial charge on any atom is -0.449 e. The largest absolute Gasteiger partial charge is 0.449 e. The van der Waals surface area contributed by atoms with Crippen molar-refractivity contribution in [2.75, 3.05) is 0 Å². The molecule has 0 heterocycles. The van der Waals surface area contributed by atoms with Gasteiger partial charge in [0.05, 0.1) is 11.6 Å². The van der Waals surface area contributed by atoms with Crippen molar-refractivity contribution in [3.05, 3.63) is 69.7 Å². The van der Waals surface area contributed by atoms with Crippen LogP contribution in [0.1, 0.15) is 47.3 Å². The van der Waals surface area contributed by atoms with E-state index in [-0.39, 0.29) is 11.9 Å². The molecule has 1 aliphatic carbocycles. The third-order valence-electron chi connectivity index (χ3n) is 4.40. The van der Waals surface area contributed by atoms with Crippen LogP contribution in [0.3, 0.4) is 0 Å². The maximum atomic E-state index is 12.5. The highest BCUT2D eigenvalue weighted by atomic mass is 79.9. The van der Waals surface area contributed by atoms with Gasteiger partial charge in [0, 0.05) is 4.47 Å². The van der Waals surface area contributed by atoms with E-state index in [1.165, 1.54) is 5.56 Å². The van der Waals surface area contributed by atoms with E-state index in [9.17, 15) is 9.59 Å². The number of carbonyl (C=O) groups excluding carboxylic acids is 2. The van der Waals surface area contributed by atoms with E-state index in [4.69, 9.17) is 4.74 Å². The highest BCUT2D eigenvalue weighted by Gasteiger charge is 2.25. The van der Waals surface area contributed by atoms with Crippen molar-refractivity contribution in [1.29, 1.82) is 0 Å². The second-order valence-electron chi connectivity index (χ2n) is 6.21. The number of hydrogen-bond donors (Lipinski definition) is 1. The smallest absolute Gasteiger partial charge is 0.338 e. The van der Waals surface area contributed by atoms with Crippen LogP contribution in [0.4, 0.5) is 0 Å². The third-order valence-corrected chi connectivity index (χ3v) is 4.89. The lowest BCUT2D eigenvalue weighted by atomic mass is 9.87. The van der Waals surface area contributed by atoms with Crippen LogP contribution in [-0.2, 0) is 16.0 Å². The summed E-state index contributed by atoms with van der Waals surface area (Å²) in [7, 11) is 0. The standard InChI is InChI=1S/C20H20BrNO3/c1-13(25-20(24)15-8-4-9-16(21)12-15)19(23)22-18-11-5-7-14-6-2-3-10-17(14)18/h2-4,6,8-10,12-13,18H,5,7,11H2,1H3,(H,22,23)/t13-,18-/m0/s1. The Morgan fingerprint density at radius 3 is 2.80 bits per heavy atom. The molecule has 1 amide bonds. The van der Waals surface area contributed by atoms with E-state index in [0.717, 1.165) is 29.3 Å². The molecule has 1 aliphatic rings. The molecule has 2 aromatic carbocycles. The van der Waals surface area contributed by atoms with Crippen LogP contribution in [0.2, 0.25) is 0 Å². The Morgan fingerprint density at radius 2 is 2.00 bits per heavy atom. The molecule has 0 saturated heterocycles. The first kappa shape index (κ1) is 17.7. The van der Waals surface area contributed by atoms with Gasteiger partial charge in [0.15, 0.2) is 6.10 Å². The minimum atomic E-state index is -0.847. The van der Waals surface area contributed by atoms with Gasteiger partial charge in [-0.25, -0.2) is 4.79 Å². The van der Waals surface area contributed by atoms with Crippen LogP contribution < -0.4 is 5.32 Å². The van der Waals surface area contributed by atoms with E-state index in [1.54, 1.807) is 25.1 Å². The van der Waals surface area contributed by atoms with Gasteiger partial charge in [-0.2, -0.15) is 0 Å². The zero-order chi connectivity index (χ0) is 17.8. The number of amides is 1. The lowest BCUT2D eigenvalue weighted by Gasteiger charge is -2.27. The number of halogens is 1. The average molecular weight is 402 g/mol. The molecule has 1 N–H and O–H groups in total. The number of benzene rings is 2. The Morgan fingerprint density at radius 1 is 1.20 bits per heavy atom. The Kier molecular flexibility index (Phi) is 5.53. The first-order valence-corrected chi connectivity index (χ1v) is 9.18. The lowest BCUT2D eigenvalue weighted by Crippen LogP contribution is -2.39. The highest BCUT2D eigenvalue weighted by Crippen LogP contribution is 2.29. The Balaban J connectivity index is 1.63. The SMILES string of the molecule is C[C@H](OC(=O)c1cccc(Br)c1)C(=O)N[C@H]1CCCc2ccccc21. The molecule has 5 heteroatoms. The number of hydrogen-bond acceptors (Lipinski definition) is 3. The summed E-state index contributed by atoms with van der Waals surface area (Å²) in [5.74, 6) is -0.780. The first-order valence-electron chi connectivity index (χ1n) is 8.39. The second kappa shape index (κ2) is 7.83. The highest BCUT2D eigenvalue weighted by molar-refractivity contribution is 9.10. The van der Waals surface area contributed by atoms with Gasteiger partial charge in [-0.1, -0.05) is 46.3 Å². The number of aryl methyl sites for hydroxylation is 1. The molecule has 0 aromatic heterocycles. The van der Waals surface area contributed by atoms with Crippen LogP contribution in [0.5, 0.6) is 0 Å². The molecule has 0 saturated carbocycles. The Hall–Kier alpha value is -2.14. The summed E-state index contributed by atoms with van der Waals surface area (Å²) in [6, 6.07) is 15.1. The molecule has 4 nitrogen and oxygen atoms in total. The van der Waals surface area contributed by atoms with Crippen molar-refractivity contribution in [3.8, 4) is 0 Å². The monoisotopic (exact) mass is 401 g/mol. The van der Waals surface area contributed by atoms with Gasteiger partial charge in [0.1, 0.15) is 0 Å². The zero-order valence-corrected chi connectivity index (χ0v) is 15.6. The topological polar surface area (TPSA) is 55.4 Å². The molecule has 2 aromatic rings. The van der Waals surface area contributed by atoms with E-state index < -0.39 is 12.1 Å². The van der Waals surface area contributed by atoms with Crippen molar-refractivity contribution >= 4 is 27.8 Å². The first-order chi connectivity index (χ1) is 12.0. The number of rotatable bonds is 4. The van der Waals surface area contributed by atoms with E-state index >= 15 is 0 Å². The molecule has 0 radical (unpaired) electrons. The molecule has 3 rings (SSSR count). The molecular formula is C20H20BrNO3. The molecule has 0 aliphatic heterocycles. The molecule has 0 fully saturated rings. The van der Waals surface area contributed by atoms with Crippen molar-refractivity contribution in [1.82, 2.24) is 5.32 Å². The van der Waals surface area contributed by atoms with Gasteiger partial charge >= 0.3 is 5.97 Å². The van der Waals surface area contributed by atoms with Crippen molar-refractivity contribution in [2.45, 2.75) is 38.3 Å². The van der Waals surface area contributed by atoms with Crippen molar-refractivity contribution in [2.24, 2.45) is 0 Å². The van der Waals surface area contributed by atoms with Gasteiger partial charge < -0.3 is 10.1 Å².